The zero-order chi connectivity index (χ0) is 15.7. The number of hydrogen-bond donors (Lipinski definition) is 0. The molecule has 0 amide bonds. The fourth-order valence-corrected chi connectivity index (χ4v) is 3.54. The van der Waals surface area contributed by atoms with Crippen molar-refractivity contribution < 1.29 is 21.6 Å². The standard InChI is InChI=1S/C12H8Cl2O5S2/c13-20(15,16)11-7-3-1-5-9(11)19-10-6-2-4-8-12(10)21(14,17)18/h1-8H. The molecule has 0 saturated heterocycles. The van der Waals surface area contributed by atoms with E-state index in [4.69, 9.17) is 26.1 Å². The van der Waals surface area contributed by atoms with Crippen molar-refractivity contribution in [1.29, 1.82) is 0 Å². The van der Waals surface area contributed by atoms with E-state index in [1.165, 1.54) is 48.5 Å². The van der Waals surface area contributed by atoms with E-state index in [9.17, 15) is 16.8 Å². The third-order valence-corrected chi connectivity index (χ3v) is 5.17. The van der Waals surface area contributed by atoms with E-state index in [2.05, 4.69) is 0 Å². The Balaban J connectivity index is 2.56. The molecule has 0 unspecified atom stereocenters. The molecule has 0 aliphatic carbocycles. The van der Waals surface area contributed by atoms with Crippen LogP contribution in [0.5, 0.6) is 11.5 Å². The number of para-hydroxylation sites is 2. The molecule has 0 heterocycles. The number of ether oxygens (including phenoxy) is 1. The summed E-state index contributed by atoms with van der Waals surface area (Å²) in [5.74, 6) is -0.194. The molecule has 0 bridgehead atoms. The maximum atomic E-state index is 11.5. The molecule has 0 aliphatic rings. The Kier molecular flexibility index (Phi) is 4.48. The van der Waals surface area contributed by atoms with E-state index < -0.39 is 18.1 Å². The van der Waals surface area contributed by atoms with Gasteiger partial charge in [0.2, 0.25) is 0 Å². The maximum Gasteiger partial charge on any atom is 0.265 e. The molecule has 21 heavy (non-hydrogen) atoms. The SMILES string of the molecule is O=S(=O)(Cl)c1ccccc1Oc1ccccc1S(=O)(=O)Cl. The largest absolute Gasteiger partial charge is 0.455 e. The molecule has 0 aromatic heterocycles. The zero-order valence-corrected chi connectivity index (χ0v) is 13.4. The van der Waals surface area contributed by atoms with Crippen molar-refractivity contribution in [3.05, 3.63) is 48.5 Å². The molecule has 0 spiro atoms. The normalized spacial score (nSPS) is 12.1. The first-order valence-corrected chi connectivity index (χ1v) is 10.1. The second-order valence-electron chi connectivity index (χ2n) is 3.87. The summed E-state index contributed by atoms with van der Waals surface area (Å²) in [4.78, 5) is -0.540. The van der Waals surface area contributed by atoms with Crippen molar-refractivity contribution in [2.45, 2.75) is 9.79 Å². The molecule has 2 rings (SSSR count). The number of halogens is 2. The Morgan fingerprint density at radius 2 is 1.00 bits per heavy atom. The lowest BCUT2D eigenvalue weighted by molar-refractivity contribution is 0.455. The summed E-state index contributed by atoms with van der Waals surface area (Å²) in [6, 6.07) is 11.2. The van der Waals surface area contributed by atoms with Crippen LogP contribution in [0.3, 0.4) is 0 Å². The van der Waals surface area contributed by atoms with Gasteiger partial charge in [0.15, 0.2) is 0 Å². The van der Waals surface area contributed by atoms with Crippen LogP contribution in [-0.2, 0) is 18.1 Å². The van der Waals surface area contributed by atoms with Gasteiger partial charge < -0.3 is 4.74 Å². The average molecular weight is 367 g/mol. The molecular formula is C12H8Cl2O5S2. The van der Waals surface area contributed by atoms with Gasteiger partial charge in [0.05, 0.1) is 0 Å². The Morgan fingerprint density at radius 1 is 0.667 bits per heavy atom. The highest BCUT2D eigenvalue weighted by molar-refractivity contribution is 8.14. The highest BCUT2D eigenvalue weighted by Crippen LogP contribution is 2.34. The fourth-order valence-electron chi connectivity index (χ4n) is 1.59. The van der Waals surface area contributed by atoms with Gasteiger partial charge in [-0.05, 0) is 24.3 Å². The van der Waals surface area contributed by atoms with Crippen molar-refractivity contribution in [2.75, 3.05) is 0 Å². The molecule has 0 atom stereocenters. The van der Waals surface area contributed by atoms with Crippen molar-refractivity contribution in [2.24, 2.45) is 0 Å². The lowest BCUT2D eigenvalue weighted by Gasteiger charge is -2.11. The summed E-state index contributed by atoms with van der Waals surface area (Å²) in [6.45, 7) is 0. The maximum absolute atomic E-state index is 11.5. The first kappa shape index (κ1) is 16.1. The highest BCUT2D eigenvalue weighted by atomic mass is 35.7. The van der Waals surface area contributed by atoms with Gasteiger partial charge in [-0.15, -0.1) is 0 Å². The molecule has 2 aromatic carbocycles. The Bertz CT molecular complexity index is 803. The molecule has 0 saturated carbocycles. The van der Waals surface area contributed by atoms with Crippen molar-refractivity contribution in [1.82, 2.24) is 0 Å². The van der Waals surface area contributed by atoms with Gasteiger partial charge in [0, 0.05) is 21.4 Å². The molecular weight excluding hydrogens is 359 g/mol. The van der Waals surface area contributed by atoms with Crippen molar-refractivity contribution in [3.8, 4) is 11.5 Å². The summed E-state index contributed by atoms with van der Waals surface area (Å²) in [5.41, 5.74) is 0. The van der Waals surface area contributed by atoms with E-state index in [0.29, 0.717) is 0 Å². The van der Waals surface area contributed by atoms with Gasteiger partial charge >= 0.3 is 0 Å². The summed E-state index contributed by atoms with van der Waals surface area (Å²) in [5, 5.41) is 0. The Hall–Kier alpha value is -1.28. The van der Waals surface area contributed by atoms with E-state index in [1.807, 2.05) is 0 Å². The highest BCUT2D eigenvalue weighted by Gasteiger charge is 2.20. The van der Waals surface area contributed by atoms with E-state index in [0.717, 1.165) is 0 Å². The first-order chi connectivity index (χ1) is 9.69. The van der Waals surface area contributed by atoms with Crippen LogP contribution in [0.1, 0.15) is 0 Å². The first-order valence-electron chi connectivity index (χ1n) is 5.45. The van der Waals surface area contributed by atoms with Crippen LogP contribution >= 0.6 is 21.4 Å². The van der Waals surface area contributed by atoms with Crippen LogP contribution in [0, 0.1) is 0 Å². The minimum atomic E-state index is -4.04. The summed E-state index contributed by atoms with van der Waals surface area (Å²) in [6.07, 6.45) is 0. The van der Waals surface area contributed by atoms with Crippen LogP contribution in [0.15, 0.2) is 58.3 Å². The van der Waals surface area contributed by atoms with Crippen LogP contribution < -0.4 is 4.74 Å². The van der Waals surface area contributed by atoms with Gasteiger partial charge in [-0.25, -0.2) is 16.8 Å². The Labute approximate surface area is 130 Å². The quantitative estimate of drug-likeness (QED) is 0.775. The van der Waals surface area contributed by atoms with Crippen LogP contribution in [0.4, 0.5) is 0 Å². The third-order valence-electron chi connectivity index (χ3n) is 2.44. The molecule has 9 heteroatoms. The predicted octanol–water partition coefficient (Wildman–Crippen LogP) is 3.33. The van der Waals surface area contributed by atoms with Gasteiger partial charge in [-0.3, -0.25) is 0 Å². The Morgan fingerprint density at radius 3 is 1.33 bits per heavy atom. The van der Waals surface area contributed by atoms with E-state index in [1.54, 1.807) is 0 Å². The van der Waals surface area contributed by atoms with E-state index >= 15 is 0 Å². The lowest BCUT2D eigenvalue weighted by atomic mass is 10.3. The molecule has 0 fully saturated rings. The molecule has 0 radical (unpaired) electrons. The van der Waals surface area contributed by atoms with E-state index in [-0.39, 0.29) is 21.3 Å². The smallest absolute Gasteiger partial charge is 0.265 e. The number of rotatable bonds is 4. The monoisotopic (exact) mass is 366 g/mol. The number of hydrogen-bond acceptors (Lipinski definition) is 5. The lowest BCUT2D eigenvalue weighted by Crippen LogP contribution is -1.99. The summed E-state index contributed by atoms with van der Waals surface area (Å²) >= 11 is 0. The summed E-state index contributed by atoms with van der Waals surface area (Å²) in [7, 11) is 2.54. The van der Waals surface area contributed by atoms with Gasteiger partial charge in [-0.1, -0.05) is 24.3 Å². The molecule has 112 valence electrons. The topological polar surface area (TPSA) is 77.5 Å². The van der Waals surface area contributed by atoms with Crippen LogP contribution in [-0.4, -0.2) is 16.8 Å². The second-order valence-corrected chi connectivity index (χ2v) is 8.94. The number of benzene rings is 2. The van der Waals surface area contributed by atoms with Crippen molar-refractivity contribution >= 4 is 39.5 Å². The average Bonchev–Trinajstić information content (AvgIpc) is 2.37. The van der Waals surface area contributed by atoms with Crippen LogP contribution in [0.25, 0.3) is 0 Å². The molecule has 0 aliphatic heterocycles. The molecule has 5 nitrogen and oxygen atoms in total. The predicted molar refractivity (Wildman–Crippen MR) is 79.0 cm³/mol. The second kappa shape index (κ2) is 5.84. The third kappa shape index (κ3) is 3.88. The van der Waals surface area contributed by atoms with Gasteiger partial charge in [0.1, 0.15) is 21.3 Å². The summed E-state index contributed by atoms with van der Waals surface area (Å²) < 4.78 is 51.2. The van der Waals surface area contributed by atoms with Crippen LogP contribution in [0.2, 0.25) is 0 Å². The fraction of sp³-hybridized carbons (Fsp3) is 0. The minimum Gasteiger partial charge on any atom is -0.455 e. The molecule has 0 N–H and O–H groups in total. The molecule has 2 aromatic rings. The minimum absolute atomic E-state index is 0.0970. The van der Waals surface area contributed by atoms with Gasteiger partial charge in [0.25, 0.3) is 18.1 Å². The zero-order valence-electron chi connectivity index (χ0n) is 10.2. The van der Waals surface area contributed by atoms with Gasteiger partial charge in [-0.2, -0.15) is 0 Å². The van der Waals surface area contributed by atoms with Crippen molar-refractivity contribution in [3.63, 3.8) is 0 Å².